The molecule has 6 nitrogen and oxygen atoms in total. The van der Waals surface area contributed by atoms with Gasteiger partial charge in [0.15, 0.2) is 0 Å². The summed E-state index contributed by atoms with van der Waals surface area (Å²) in [4.78, 5) is 14.5. The van der Waals surface area contributed by atoms with Crippen molar-refractivity contribution in [2.24, 2.45) is 0 Å². The largest absolute Gasteiger partial charge is 0.497 e. The first-order valence-corrected chi connectivity index (χ1v) is 7.10. The Morgan fingerprint density at radius 1 is 1.17 bits per heavy atom. The van der Waals surface area contributed by atoms with E-state index in [1.54, 1.807) is 31.4 Å². The number of pyridine rings is 1. The van der Waals surface area contributed by atoms with Crippen LogP contribution in [0.2, 0.25) is 5.15 Å². The summed E-state index contributed by atoms with van der Waals surface area (Å²) in [6.45, 7) is 0. The number of hydrogen-bond donors (Lipinski definition) is 1. The molecule has 0 bridgehead atoms. The summed E-state index contributed by atoms with van der Waals surface area (Å²) in [5, 5.41) is 15.1. The van der Waals surface area contributed by atoms with E-state index >= 15 is 0 Å². The van der Waals surface area contributed by atoms with Gasteiger partial charge in [0.1, 0.15) is 10.9 Å². The van der Waals surface area contributed by atoms with E-state index in [-0.39, 0.29) is 5.69 Å². The summed E-state index contributed by atoms with van der Waals surface area (Å²) in [5.41, 5.74) is 2.22. The van der Waals surface area contributed by atoms with Gasteiger partial charge < -0.3 is 10.1 Å². The van der Waals surface area contributed by atoms with Gasteiger partial charge >= 0.3 is 0 Å². The van der Waals surface area contributed by atoms with E-state index < -0.39 is 4.92 Å². The minimum atomic E-state index is -0.437. The Bertz CT molecular complexity index is 882. The SMILES string of the molecule is COc1ccc2nc(Cl)cc(Nc3ccc([N+](=O)[O-])cc3)c2c1. The van der Waals surface area contributed by atoms with E-state index in [0.29, 0.717) is 16.6 Å². The number of ether oxygens (including phenoxy) is 1. The molecule has 0 saturated heterocycles. The molecule has 3 aromatic rings. The molecule has 0 aliphatic heterocycles. The van der Waals surface area contributed by atoms with E-state index in [0.717, 1.165) is 16.6 Å². The van der Waals surface area contributed by atoms with E-state index in [1.807, 2.05) is 12.1 Å². The zero-order valence-electron chi connectivity index (χ0n) is 12.1. The fraction of sp³-hybridized carbons (Fsp3) is 0.0625. The van der Waals surface area contributed by atoms with Crippen LogP contribution in [0.3, 0.4) is 0 Å². The van der Waals surface area contributed by atoms with E-state index in [1.165, 1.54) is 12.1 Å². The van der Waals surface area contributed by atoms with Crippen LogP contribution in [0.1, 0.15) is 0 Å². The number of nitro benzene ring substituents is 1. The molecule has 0 fully saturated rings. The van der Waals surface area contributed by atoms with Gasteiger partial charge in [-0.1, -0.05) is 11.6 Å². The number of anilines is 2. The third-order valence-corrected chi connectivity index (χ3v) is 3.54. The Kier molecular flexibility index (Phi) is 3.99. The van der Waals surface area contributed by atoms with E-state index in [9.17, 15) is 10.1 Å². The summed E-state index contributed by atoms with van der Waals surface area (Å²) < 4.78 is 5.24. The summed E-state index contributed by atoms with van der Waals surface area (Å²) in [7, 11) is 1.59. The van der Waals surface area contributed by atoms with Crippen LogP contribution >= 0.6 is 11.6 Å². The molecule has 23 heavy (non-hydrogen) atoms. The monoisotopic (exact) mass is 329 g/mol. The van der Waals surface area contributed by atoms with Crippen LogP contribution in [0.15, 0.2) is 48.5 Å². The van der Waals surface area contributed by atoms with Crippen LogP contribution in [-0.4, -0.2) is 17.0 Å². The number of halogens is 1. The Morgan fingerprint density at radius 2 is 1.91 bits per heavy atom. The molecule has 1 heterocycles. The van der Waals surface area contributed by atoms with Gasteiger partial charge in [0, 0.05) is 23.2 Å². The predicted octanol–water partition coefficient (Wildman–Crippen LogP) is 4.55. The summed E-state index contributed by atoms with van der Waals surface area (Å²) in [6.07, 6.45) is 0. The topological polar surface area (TPSA) is 77.3 Å². The highest BCUT2D eigenvalue weighted by molar-refractivity contribution is 6.30. The van der Waals surface area contributed by atoms with Crippen molar-refractivity contribution in [1.29, 1.82) is 0 Å². The van der Waals surface area contributed by atoms with Gasteiger partial charge in [-0.15, -0.1) is 0 Å². The van der Waals surface area contributed by atoms with Crippen molar-refractivity contribution >= 4 is 39.6 Å². The van der Waals surface area contributed by atoms with Gasteiger partial charge in [-0.2, -0.15) is 0 Å². The van der Waals surface area contributed by atoms with Gasteiger partial charge in [-0.3, -0.25) is 10.1 Å². The second-order valence-corrected chi connectivity index (χ2v) is 5.19. The van der Waals surface area contributed by atoms with Crippen LogP contribution in [0.25, 0.3) is 10.9 Å². The highest BCUT2D eigenvalue weighted by atomic mass is 35.5. The molecule has 0 saturated carbocycles. The van der Waals surface area contributed by atoms with Gasteiger partial charge in [0.2, 0.25) is 0 Å². The van der Waals surface area contributed by atoms with E-state index in [4.69, 9.17) is 16.3 Å². The number of hydrogen-bond acceptors (Lipinski definition) is 5. The molecule has 0 radical (unpaired) electrons. The minimum Gasteiger partial charge on any atom is -0.497 e. The number of rotatable bonds is 4. The van der Waals surface area contributed by atoms with Crippen molar-refractivity contribution in [1.82, 2.24) is 4.98 Å². The van der Waals surface area contributed by atoms with Crippen molar-refractivity contribution in [3.63, 3.8) is 0 Å². The molecule has 0 aliphatic rings. The second-order valence-electron chi connectivity index (χ2n) is 4.80. The summed E-state index contributed by atoms with van der Waals surface area (Å²) >= 11 is 6.06. The molecule has 116 valence electrons. The van der Waals surface area contributed by atoms with E-state index in [2.05, 4.69) is 10.3 Å². The number of nitro groups is 1. The quantitative estimate of drug-likeness (QED) is 0.431. The van der Waals surface area contributed by atoms with Crippen LogP contribution < -0.4 is 10.1 Å². The molecule has 0 amide bonds. The fourth-order valence-electron chi connectivity index (χ4n) is 2.22. The maximum absolute atomic E-state index is 10.7. The minimum absolute atomic E-state index is 0.0369. The third kappa shape index (κ3) is 3.17. The van der Waals surface area contributed by atoms with Crippen LogP contribution in [0.5, 0.6) is 5.75 Å². The number of methoxy groups -OCH3 is 1. The van der Waals surface area contributed by atoms with Crippen LogP contribution in [-0.2, 0) is 0 Å². The first-order valence-electron chi connectivity index (χ1n) is 6.72. The molecule has 0 unspecified atom stereocenters. The normalized spacial score (nSPS) is 10.5. The Labute approximate surface area is 136 Å². The first kappa shape index (κ1) is 15.1. The fourth-order valence-corrected chi connectivity index (χ4v) is 2.43. The van der Waals surface area contributed by atoms with Crippen LogP contribution in [0, 0.1) is 10.1 Å². The van der Waals surface area contributed by atoms with Gasteiger partial charge in [-0.25, -0.2) is 4.98 Å². The lowest BCUT2D eigenvalue weighted by atomic mass is 10.1. The lowest BCUT2D eigenvalue weighted by Gasteiger charge is -2.11. The zero-order chi connectivity index (χ0) is 16.4. The molecular formula is C16H12ClN3O3. The van der Waals surface area contributed by atoms with Crippen molar-refractivity contribution < 1.29 is 9.66 Å². The first-order chi connectivity index (χ1) is 11.1. The summed E-state index contributed by atoms with van der Waals surface area (Å²) in [5.74, 6) is 0.702. The van der Waals surface area contributed by atoms with Crippen molar-refractivity contribution in [2.75, 3.05) is 12.4 Å². The summed E-state index contributed by atoms with van der Waals surface area (Å²) in [6, 6.07) is 13.3. The molecule has 0 atom stereocenters. The maximum Gasteiger partial charge on any atom is 0.269 e. The smallest absolute Gasteiger partial charge is 0.269 e. The third-order valence-electron chi connectivity index (χ3n) is 3.34. The number of fused-ring (bicyclic) bond motifs is 1. The molecule has 0 aliphatic carbocycles. The average Bonchev–Trinajstić information content (AvgIpc) is 2.55. The molecular weight excluding hydrogens is 318 g/mol. The Hall–Kier alpha value is -2.86. The Morgan fingerprint density at radius 3 is 2.57 bits per heavy atom. The average molecular weight is 330 g/mol. The molecule has 7 heteroatoms. The van der Waals surface area contributed by atoms with Gasteiger partial charge in [0.05, 0.1) is 23.2 Å². The molecule has 1 N–H and O–H groups in total. The maximum atomic E-state index is 10.7. The predicted molar refractivity (Wildman–Crippen MR) is 89.7 cm³/mol. The highest BCUT2D eigenvalue weighted by Gasteiger charge is 2.08. The highest BCUT2D eigenvalue weighted by Crippen LogP contribution is 2.31. The molecule has 3 rings (SSSR count). The number of nitrogens with zero attached hydrogens (tertiary/aromatic N) is 2. The van der Waals surface area contributed by atoms with Crippen molar-refractivity contribution in [2.45, 2.75) is 0 Å². The zero-order valence-corrected chi connectivity index (χ0v) is 12.9. The van der Waals surface area contributed by atoms with Gasteiger partial charge in [-0.05, 0) is 36.4 Å². The van der Waals surface area contributed by atoms with Crippen LogP contribution in [0.4, 0.5) is 17.1 Å². The molecule has 1 aromatic heterocycles. The molecule has 2 aromatic carbocycles. The van der Waals surface area contributed by atoms with Gasteiger partial charge in [0.25, 0.3) is 5.69 Å². The number of non-ortho nitro benzene ring substituents is 1. The second kappa shape index (κ2) is 6.10. The van der Waals surface area contributed by atoms with Crippen molar-refractivity contribution in [3.8, 4) is 5.75 Å². The number of nitrogens with one attached hydrogen (secondary N) is 1. The van der Waals surface area contributed by atoms with Crippen molar-refractivity contribution in [3.05, 3.63) is 63.8 Å². The lowest BCUT2D eigenvalue weighted by molar-refractivity contribution is -0.384. The Balaban J connectivity index is 2.02. The number of aromatic nitrogens is 1. The lowest BCUT2D eigenvalue weighted by Crippen LogP contribution is -1.95. The molecule has 0 spiro atoms. The standard InChI is InChI=1S/C16H12ClN3O3/c1-23-12-6-7-14-13(8-12)15(9-16(17)19-14)18-10-2-4-11(5-3-10)20(21)22/h2-9H,1H3,(H,18,19). The number of benzene rings is 2.